The third-order valence-electron chi connectivity index (χ3n) is 4.10. The molecule has 3 rings (SSSR count). The first kappa shape index (κ1) is 22.8. The molecule has 1 heterocycles. The van der Waals surface area contributed by atoms with Crippen LogP contribution < -0.4 is 15.4 Å². The molecular weight excluding hydrogens is 480 g/mol. The summed E-state index contributed by atoms with van der Waals surface area (Å²) in [4.78, 5) is 36.0. The first-order valence-electron chi connectivity index (χ1n) is 9.38. The van der Waals surface area contributed by atoms with Crippen molar-refractivity contribution >= 4 is 51.2 Å². The van der Waals surface area contributed by atoms with Crippen LogP contribution >= 0.6 is 15.9 Å². The van der Waals surface area contributed by atoms with Crippen molar-refractivity contribution in [3.63, 3.8) is 0 Å². The molecule has 0 fully saturated rings. The Bertz CT molecular complexity index is 1120. The van der Waals surface area contributed by atoms with Crippen LogP contribution in [0.25, 0.3) is 6.08 Å². The Morgan fingerprint density at radius 3 is 2.22 bits per heavy atom. The van der Waals surface area contributed by atoms with Gasteiger partial charge in [0.25, 0.3) is 11.8 Å². The van der Waals surface area contributed by atoms with Crippen LogP contribution in [0.5, 0.6) is 5.75 Å². The number of hydrogen-bond acceptors (Lipinski definition) is 6. The maximum absolute atomic E-state index is 12.3. The summed E-state index contributed by atoms with van der Waals surface area (Å²) in [5.74, 6) is -0.330. The third kappa shape index (κ3) is 6.85. The van der Waals surface area contributed by atoms with Crippen molar-refractivity contribution in [3.05, 3.63) is 82.7 Å². The summed E-state index contributed by atoms with van der Waals surface area (Å²) in [7, 11) is 1.57. The lowest BCUT2D eigenvalue weighted by Gasteiger charge is -2.08. The predicted molar refractivity (Wildman–Crippen MR) is 122 cm³/mol. The van der Waals surface area contributed by atoms with E-state index >= 15 is 0 Å². The van der Waals surface area contributed by atoms with Gasteiger partial charge in [0.2, 0.25) is 0 Å². The molecule has 9 heteroatoms. The number of anilines is 2. The lowest BCUT2D eigenvalue weighted by atomic mass is 10.2. The van der Waals surface area contributed by atoms with Crippen LogP contribution in [0.2, 0.25) is 0 Å². The Kier molecular flexibility index (Phi) is 7.82. The molecular formula is C23H19BrN2O6. The Morgan fingerprint density at radius 1 is 0.938 bits per heavy atom. The molecule has 0 radical (unpaired) electrons. The molecule has 0 spiro atoms. The molecule has 0 atom stereocenters. The molecule has 2 N–H and O–H groups in total. The quantitative estimate of drug-likeness (QED) is 0.349. The number of nitrogens with one attached hydrogen (secondary N) is 2. The van der Waals surface area contributed by atoms with E-state index in [1.54, 1.807) is 67.8 Å². The highest BCUT2D eigenvalue weighted by Gasteiger charge is 2.09. The molecule has 2 amide bonds. The molecule has 32 heavy (non-hydrogen) atoms. The summed E-state index contributed by atoms with van der Waals surface area (Å²) < 4.78 is 15.7. The first-order chi connectivity index (χ1) is 15.4. The highest BCUT2D eigenvalue weighted by Crippen LogP contribution is 2.17. The number of ether oxygens (including phenoxy) is 2. The number of amides is 2. The maximum atomic E-state index is 12.3. The Labute approximate surface area is 192 Å². The second-order valence-electron chi connectivity index (χ2n) is 6.39. The maximum Gasteiger partial charge on any atom is 0.331 e. The number of halogens is 1. The van der Waals surface area contributed by atoms with Gasteiger partial charge in [-0.3, -0.25) is 9.59 Å². The number of furan rings is 1. The highest BCUT2D eigenvalue weighted by atomic mass is 79.9. The first-order valence-corrected chi connectivity index (χ1v) is 10.2. The molecule has 0 unspecified atom stereocenters. The van der Waals surface area contributed by atoms with Crippen molar-refractivity contribution in [2.45, 2.75) is 0 Å². The summed E-state index contributed by atoms with van der Waals surface area (Å²) in [6.45, 7) is -0.454. The summed E-state index contributed by atoms with van der Waals surface area (Å²) in [5.41, 5.74) is 1.51. The van der Waals surface area contributed by atoms with Crippen LogP contribution in [0.15, 0.2) is 75.8 Å². The topological polar surface area (TPSA) is 107 Å². The number of hydrogen-bond donors (Lipinski definition) is 2. The fourth-order valence-corrected chi connectivity index (χ4v) is 2.85. The van der Waals surface area contributed by atoms with Gasteiger partial charge in [0, 0.05) is 23.0 Å². The van der Waals surface area contributed by atoms with E-state index in [1.165, 1.54) is 6.08 Å². The highest BCUT2D eigenvalue weighted by molar-refractivity contribution is 9.10. The number of rotatable bonds is 8. The lowest BCUT2D eigenvalue weighted by Crippen LogP contribution is -2.20. The molecule has 3 aromatic rings. The monoisotopic (exact) mass is 498 g/mol. The van der Waals surface area contributed by atoms with Crippen LogP contribution in [0.3, 0.4) is 0 Å². The van der Waals surface area contributed by atoms with E-state index in [1.807, 2.05) is 0 Å². The largest absolute Gasteiger partial charge is 0.497 e. The number of benzene rings is 2. The minimum atomic E-state index is -0.682. The summed E-state index contributed by atoms with van der Waals surface area (Å²) >= 11 is 3.16. The Hall–Kier alpha value is -3.85. The van der Waals surface area contributed by atoms with Crippen LogP contribution in [0.1, 0.15) is 16.1 Å². The van der Waals surface area contributed by atoms with E-state index in [0.29, 0.717) is 33.1 Å². The number of carbonyl (C=O) groups is 3. The predicted octanol–water partition coefficient (Wildman–Crippen LogP) is 4.50. The molecule has 8 nitrogen and oxygen atoms in total. The molecule has 164 valence electrons. The van der Waals surface area contributed by atoms with Crippen LogP contribution in [-0.2, 0) is 14.3 Å². The third-order valence-corrected chi connectivity index (χ3v) is 4.53. The number of carbonyl (C=O) groups excluding carboxylic acids is 3. The van der Waals surface area contributed by atoms with Crippen molar-refractivity contribution in [1.29, 1.82) is 0 Å². The lowest BCUT2D eigenvalue weighted by molar-refractivity contribution is -0.142. The average Bonchev–Trinajstić information content (AvgIpc) is 3.22. The fraction of sp³-hybridized carbons (Fsp3) is 0.0870. The fourth-order valence-electron chi connectivity index (χ4n) is 2.53. The normalized spacial score (nSPS) is 10.6. The molecule has 0 bridgehead atoms. The van der Waals surface area contributed by atoms with Gasteiger partial charge in [-0.25, -0.2) is 4.79 Å². The van der Waals surface area contributed by atoms with E-state index in [-0.39, 0.29) is 5.91 Å². The van der Waals surface area contributed by atoms with E-state index in [2.05, 4.69) is 26.6 Å². The van der Waals surface area contributed by atoms with Crippen molar-refractivity contribution in [2.75, 3.05) is 24.4 Å². The van der Waals surface area contributed by atoms with Crippen molar-refractivity contribution in [1.82, 2.24) is 0 Å². The van der Waals surface area contributed by atoms with E-state index in [9.17, 15) is 14.4 Å². The number of esters is 1. The minimum absolute atomic E-state index is 0.294. The van der Waals surface area contributed by atoms with Crippen molar-refractivity contribution in [3.8, 4) is 5.75 Å². The molecule has 0 saturated heterocycles. The number of methoxy groups -OCH3 is 1. The molecule has 0 aliphatic heterocycles. The van der Waals surface area contributed by atoms with Crippen molar-refractivity contribution < 1.29 is 28.3 Å². The van der Waals surface area contributed by atoms with E-state index < -0.39 is 18.5 Å². The van der Waals surface area contributed by atoms with Gasteiger partial charge >= 0.3 is 5.97 Å². The summed E-state index contributed by atoms with van der Waals surface area (Å²) in [6.07, 6.45) is 2.59. The second kappa shape index (κ2) is 11.0. The standard InChI is InChI=1S/C23H19BrN2O6/c1-30-18-8-6-17(7-9-18)26-23(29)15-2-4-16(5-3-15)25-21(27)14-31-22(28)13-11-19-10-12-20(24)32-19/h2-13H,14H2,1H3,(H,25,27)(H,26,29). The smallest absolute Gasteiger partial charge is 0.331 e. The van der Waals surface area contributed by atoms with Gasteiger partial charge < -0.3 is 24.5 Å². The molecule has 1 aromatic heterocycles. The Morgan fingerprint density at radius 2 is 1.59 bits per heavy atom. The van der Waals surface area contributed by atoms with Gasteiger partial charge in [-0.05, 0) is 82.7 Å². The van der Waals surface area contributed by atoms with Crippen LogP contribution in [0, 0.1) is 0 Å². The average molecular weight is 499 g/mol. The molecule has 2 aromatic carbocycles. The van der Waals surface area contributed by atoms with Gasteiger partial charge in [0.1, 0.15) is 11.5 Å². The van der Waals surface area contributed by atoms with Crippen LogP contribution in [-0.4, -0.2) is 31.5 Å². The zero-order valence-corrected chi connectivity index (χ0v) is 18.5. The van der Waals surface area contributed by atoms with Gasteiger partial charge in [-0.1, -0.05) is 0 Å². The van der Waals surface area contributed by atoms with Gasteiger partial charge in [0.15, 0.2) is 11.3 Å². The summed E-state index contributed by atoms with van der Waals surface area (Å²) in [5, 5.41) is 5.36. The van der Waals surface area contributed by atoms with Crippen LogP contribution in [0.4, 0.5) is 11.4 Å². The van der Waals surface area contributed by atoms with Crippen molar-refractivity contribution in [2.24, 2.45) is 0 Å². The summed E-state index contributed by atoms with van der Waals surface area (Å²) in [6, 6.07) is 16.6. The SMILES string of the molecule is COc1ccc(NC(=O)c2ccc(NC(=O)COC(=O)C=Cc3ccc(Br)o3)cc2)cc1. The molecule has 0 aliphatic carbocycles. The zero-order valence-electron chi connectivity index (χ0n) is 17.0. The minimum Gasteiger partial charge on any atom is -0.497 e. The zero-order chi connectivity index (χ0) is 22.9. The van der Waals surface area contributed by atoms with Gasteiger partial charge in [0.05, 0.1) is 7.11 Å². The van der Waals surface area contributed by atoms with E-state index in [0.717, 1.165) is 6.08 Å². The molecule has 0 aliphatic rings. The Balaban J connectivity index is 1.45. The molecule has 0 saturated carbocycles. The second-order valence-corrected chi connectivity index (χ2v) is 7.17. The van der Waals surface area contributed by atoms with Gasteiger partial charge in [-0.2, -0.15) is 0 Å². The van der Waals surface area contributed by atoms with Gasteiger partial charge in [-0.15, -0.1) is 0 Å². The van der Waals surface area contributed by atoms with E-state index in [4.69, 9.17) is 13.9 Å².